The molecule has 0 atom stereocenters. The van der Waals surface area contributed by atoms with E-state index in [2.05, 4.69) is 81.4 Å². The summed E-state index contributed by atoms with van der Waals surface area (Å²) in [6.07, 6.45) is 8.40. The van der Waals surface area contributed by atoms with Crippen LogP contribution in [0.25, 0.3) is 50.3 Å². The van der Waals surface area contributed by atoms with Gasteiger partial charge in [0.05, 0.1) is 22.4 Å². The number of ether oxygens (including phenoxy) is 2. The molecule has 8 nitrogen and oxygen atoms in total. The van der Waals surface area contributed by atoms with Gasteiger partial charge in [-0.05, 0) is 96.5 Å². The molecule has 53 heavy (non-hydrogen) atoms. The average Bonchev–Trinajstić information content (AvgIpc) is 3.50. The first-order valence-corrected chi connectivity index (χ1v) is 18.0. The van der Waals surface area contributed by atoms with Crippen LogP contribution in [0.3, 0.4) is 0 Å². The summed E-state index contributed by atoms with van der Waals surface area (Å²) in [6.45, 7) is 9.00. The summed E-state index contributed by atoms with van der Waals surface area (Å²) in [4.78, 5) is 22.6. The van der Waals surface area contributed by atoms with Crippen molar-refractivity contribution in [3.05, 3.63) is 145 Å². The number of benzene rings is 4. The van der Waals surface area contributed by atoms with Gasteiger partial charge in [0.15, 0.2) is 0 Å². The van der Waals surface area contributed by atoms with Gasteiger partial charge in [-0.2, -0.15) is 0 Å². The van der Waals surface area contributed by atoms with Gasteiger partial charge in [0.25, 0.3) is 0 Å². The largest absolute Gasteiger partial charge is 0.457 e. The highest BCUT2D eigenvalue weighted by Gasteiger charge is 2.23. The lowest BCUT2D eigenvalue weighted by molar-refractivity contribution is 0.482. The Balaban J connectivity index is 1.32. The van der Waals surface area contributed by atoms with E-state index in [9.17, 15) is 0 Å². The fourth-order valence-corrected chi connectivity index (χ4v) is 7.03. The monoisotopic (exact) mass is 696 g/mol. The summed E-state index contributed by atoms with van der Waals surface area (Å²) >= 11 is 0. The molecule has 0 saturated carbocycles. The van der Waals surface area contributed by atoms with Crippen LogP contribution in [0, 0.1) is 11.8 Å². The van der Waals surface area contributed by atoms with Crippen LogP contribution >= 0.6 is 0 Å². The van der Waals surface area contributed by atoms with Crippen molar-refractivity contribution in [1.82, 2.24) is 29.5 Å². The molecule has 0 amide bonds. The van der Waals surface area contributed by atoms with E-state index >= 15 is 0 Å². The summed E-state index contributed by atoms with van der Waals surface area (Å²) in [5, 5.41) is 2.34. The van der Waals surface area contributed by atoms with Crippen LogP contribution < -0.4 is 9.47 Å². The van der Waals surface area contributed by atoms with Crippen LogP contribution in [-0.4, -0.2) is 29.5 Å². The van der Waals surface area contributed by atoms with Gasteiger partial charge in [-0.15, -0.1) is 0 Å². The average molecular weight is 697 g/mol. The second-order valence-electron chi connectivity index (χ2n) is 14.1. The van der Waals surface area contributed by atoms with Crippen LogP contribution in [0.5, 0.6) is 23.0 Å². The lowest BCUT2D eigenvalue weighted by Crippen LogP contribution is -2.02. The third-order valence-electron chi connectivity index (χ3n) is 9.07. The number of rotatable bonds is 11. The SMILES string of the molecule is CC(C)Cc1cc(Oc2cccc(-c3ccccn3)c2)cc2c1c1c(CC(C)C)cc(Oc3cccc(-c4ccccn4)c3)cc1n2-c1ncncn1. The second kappa shape index (κ2) is 14.7. The standard InChI is InChI=1S/C45H40N6O2/c1-29(2)19-33-23-37(52-35-13-9-11-31(21-35)39-15-5-7-17-47-39)25-41-43(33)44-34(20-30(3)4)24-38(26-42(44)51(41)45-49-27-46-28-50-45)53-36-14-10-12-32(22-36)40-16-6-8-18-48-40/h5-18,21-30H,19-20H2,1-4H3. The molecule has 0 spiro atoms. The van der Waals surface area contributed by atoms with E-state index in [0.717, 1.165) is 69.4 Å². The molecule has 8 rings (SSSR count). The van der Waals surface area contributed by atoms with E-state index in [4.69, 9.17) is 9.47 Å². The third-order valence-corrected chi connectivity index (χ3v) is 9.07. The van der Waals surface area contributed by atoms with Gasteiger partial charge < -0.3 is 9.47 Å². The second-order valence-corrected chi connectivity index (χ2v) is 14.1. The number of pyridine rings is 2. The van der Waals surface area contributed by atoms with E-state index in [1.165, 1.54) is 34.6 Å². The molecule has 4 heterocycles. The van der Waals surface area contributed by atoms with Crippen LogP contribution in [0.2, 0.25) is 0 Å². The van der Waals surface area contributed by atoms with Crippen molar-refractivity contribution < 1.29 is 9.47 Å². The van der Waals surface area contributed by atoms with Crippen LogP contribution in [0.4, 0.5) is 0 Å². The first kappa shape index (κ1) is 33.7. The minimum atomic E-state index is 0.402. The number of nitrogens with zero attached hydrogens (tertiary/aromatic N) is 6. The fraction of sp³-hybridized carbons (Fsp3) is 0.178. The molecule has 262 valence electrons. The van der Waals surface area contributed by atoms with Gasteiger partial charge in [-0.25, -0.2) is 15.0 Å². The zero-order valence-corrected chi connectivity index (χ0v) is 30.3. The Bertz CT molecular complexity index is 2360. The van der Waals surface area contributed by atoms with Gasteiger partial charge in [-0.3, -0.25) is 14.5 Å². The summed E-state index contributed by atoms with van der Waals surface area (Å²) < 4.78 is 15.5. The quantitative estimate of drug-likeness (QED) is 0.133. The maximum atomic E-state index is 6.68. The number of hydrogen-bond donors (Lipinski definition) is 0. The summed E-state index contributed by atoms with van der Waals surface area (Å²) in [5.74, 6) is 4.26. The maximum Gasteiger partial charge on any atom is 0.237 e. The molecule has 0 fully saturated rings. The highest BCUT2D eigenvalue weighted by atomic mass is 16.5. The number of hydrogen-bond acceptors (Lipinski definition) is 7. The van der Waals surface area contributed by atoms with Crippen LogP contribution in [0.15, 0.2) is 134 Å². The van der Waals surface area contributed by atoms with Gasteiger partial charge in [0.2, 0.25) is 5.95 Å². The van der Waals surface area contributed by atoms with E-state index in [1.54, 1.807) is 12.4 Å². The molecule has 0 N–H and O–H groups in total. The third kappa shape index (κ3) is 7.21. The lowest BCUT2D eigenvalue weighted by Gasteiger charge is -2.15. The zero-order valence-electron chi connectivity index (χ0n) is 30.3. The van der Waals surface area contributed by atoms with Crippen molar-refractivity contribution in [2.24, 2.45) is 11.8 Å². The highest BCUT2D eigenvalue weighted by Crippen LogP contribution is 2.43. The zero-order chi connectivity index (χ0) is 36.3. The molecule has 8 aromatic rings. The first-order valence-electron chi connectivity index (χ1n) is 18.0. The molecule has 4 aromatic carbocycles. The van der Waals surface area contributed by atoms with Crippen molar-refractivity contribution >= 4 is 21.8 Å². The van der Waals surface area contributed by atoms with Gasteiger partial charge in [0, 0.05) is 46.4 Å². The number of aromatic nitrogens is 6. The van der Waals surface area contributed by atoms with Gasteiger partial charge in [-0.1, -0.05) is 64.1 Å². The summed E-state index contributed by atoms with van der Waals surface area (Å²) in [7, 11) is 0. The van der Waals surface area contributed by atoms with Crippen molar-refractivity contribution in [2.75, 3.05) is 0 Å². The molecule has 0 saturated heterocycles. The van der Waals surface area contributed by atoms with Crippen LogP contribution in [0.1, 0.15) is 38.8 Å². The maximum absolute atomic E-state index is 6.68. The molecular formula is C45H40N6O2. The molecule has 0 unspecified atom stereocenters. The normalized spacial score (nSPS) is 11.5. The van der Waals surface area contributed by atoms with Crippen molar-refractivity contribution in [1.29, 1.82) is 0 Å². The van der Waals surface area contributed by atoms with E-state index < -0.39 is 0 Å². The molecular weight excluding hydrogens is 657 g/mol. The van der Waals surface area contributed by atoms with E-state index in [-0.39, 0.29) is 0 Å². The van der Waals surface area contributed by atoms with Crippen molar-refractivity contribution in [2.45, 2.75) is 40.5 Å². The minimum Gasteiger partial charge on any atom is -0.457 e. The predicted octanol–water partition coefficient (Wildman–Crippen LogP) is 11.1. The Hall–Kier alpha value is -6.41. The molecule has 0 aliphatic carbocycles. The Morgan fingerprint density at radius 3 is 1.43 bits per heavy atom. The summed E-state index contributed by atoms with van der Waals surface area (Å²) in [6, 6.07) is 36.5. The number of fused-ring (bicyclic) bond motifs is 3. The Morgan fingerprint density at radius 2 is 1.00 bits per heavy atom. The Labute approximate surface area is 309 Å². The lowest BCUT2D eigenvalue weighted by atomic mass is 9.93. The van der Waals surface area contributed by atoms with Crippen molar-refractivity contribution in [3.63, 3.8) is 0 Å². The predicted molar refractivity (Wildman–Crippen MR) is 211 cm³/mol. The minimum absolute atomic E-state index is 0.402. The highest BCUT2D eigenvalue weighted by molar-refractivity contribution is 6.13. The van der Waals surface area contributed by atoms with Gasteiger partial charge in [0.1, 0.15) is 35.7 Å². The van der Waals surface area contributed by atoms with Gasteiger partial charge >= 0.3 is 0 Å². The molecule has 0 aliphatic rings. The molecule has 0 bridgehead atoms. The molecule has 0 radical (unpaired) electrons. The van der Waals surface area contributed by atoms with E-state index in [1.807, 2.05) is 84.9 Å². The topological polar surface area (TPSA) is 87.8 Å². The molecule has 8 heteroatoms. The van der Waals surface area contributed by atoms with Crippen molar-refractivity contribution in [3.8, 4) is 51.5 Å². The molecule has 4 aromatic heterocycles. The summed E-state index contributed by atoms with van der Waals surface area (Å²) in [5.41, 5.74) is 8.08. The van der Waals surface area contributed by atoms with Crippen LogP contribution in [-0.2, 0) is 12.8 Å². The molecule has 0 aliphatic heterocycles. The Morgan fingerprint density at radius 1 is 0.509 bits per heavy atom. The Kier molecular flexibility index (Phi) is 9.34. The smallest absolute Gasteiger partial charge is 0.237 e. The first-order chi connectivity index (χ1) is 25.9. The van der Waals surface area contributed by atoms with E-state index in [0.29, 0.717) is 17.8 Å². The fourth-order valence-electron chi connectivity index (χ4n) is 7.03.